The summed E-state index contributed by atoms with van der Waals surface area (Å²) in [6.45, 7) is 0.415. The van der Waals surface area contributed by atoms with Crippen molar-refractivity contribution in [1.82, 2.24) is 15.2 Å². The van der Waals surface area contributed by atoms with Gasteiger partial charge in [0.2, 0.25) is 5.82 Å². The molecule has 8 heteroatoms. The molecule has 0 spiro atoms. The van der Waals surface area contributed by atoms with Crippen LogP contribution in [0.15, 0.2) is 30.5 Å². The van der Waals surface area contributed by atoms with Crippen LogP contribution in [0.3, 0.4) is 0 Å². The number of aromatic nitrogens is 3. The van der Waals surface area contributed by atoms with Crippen LogP contribution < -0.4 is 11.1 Å². The highest BCUT2D eigenvalue weighted by molar-refractivity contribution is 5.57. The van der Waals surface area contributed by atoms with Gasteiger partial charge in [0.25, 0.3) is 0 Å². The number of rotatable bonds is 4. The van der Waals surface area contributed by atoms with Crippen LogP contribution >= 0.6 is 0 Å². The molecule has 0 aromatic carbocycles. The summed E-state index contributed by atoms with van der Waals surface area (Å²) < 4.78 is 0. The molecule has 0 unspecified atom stereocenters. The molecule has 8 nitrogen and oxygen atoms in total. The zero-order valence-corrected chi connectivity index (χ0v) is 9.28. The van der Waals surface area contributed by atoms with Gasteiger partial charge in [-0.05, 0) is 18.2 Å². The van der Waals surface area contributed by atoms with Crippen molar-refractivity contribution in [1.29, 1.82) is 0 Å². The van der Waals surface area contributed by atoms with E-state index in [1.807, 2.05) is 0 Å². The summed E-state index contributed by atoms with van der Waals surface area (Å²) in [7, 11) is 0. The van der Waals surface area contributed by atoms with Crippen LogP contribution in [0, 0.1) is 10.1 Å². The van der Waals surface area contributed by atoms with Crippen LogP contribution in [0.5, 0.6) is 0 Å². The van der Waals surface area contributed by atoms with E-state index >= 15 is 0 Å². The molecule has 0 atom stereocenters. The minimum absolute atomic E-state index is 0.121. The smallest absolute Gasteiger partial charge is 0.311 e. The fourth-order valence-electron chi connectivity index (χ4n) is 1.33. The predicted octanol–water partition coefficient (Wildman–Crippen LogP) is 0.974. The molecule has 92 valence electrons. The van der Waals surface area contributed by atoms with Gasteiger partial charge in [-0.2, -0.15) is 10.2 Å². The molecule has 0 aliphatic heterocycles. The molecule has 2 rings (SSSR count). The van der Waals surface area contributed by atoms with E-state index in [0.717, 1.165) is 5.69 Å². The Kier molecular flexibility index (Phi) is 3.28. The van der Waals surface area contributed by atoms with Gasteiger partial charge < -0.3 is 11.1 Å². The predicted molar refractivity (Wildman–Crippen MR) is 64.7 cm³/mol. The Labute approximate surface area is 102 Å². The average molecular weight is 246 g/mol. The lowest BCUT2D eigenvalue weighted by Crippen LogP contribution is -2.06. The second kappa shape index (κ2) is 5.04. The van der Waals surface area contributed by atoms with E-state index in [-0.39, 0.29) is 11.5 Å². The van der Waals surface area contributed by atoms with E-state index in [4.69, 9.17) is 5.73 Å². The van der Waals surface area contributed by atoms with Crippen molar-refractivity contribution in [3.63, 3.8) is 0 Å². The number of hydrogen-bond acceptors (Lipinski definition) is 7. The highest BCUT2D eigenvalue weighted by Crippen LogP contribution is 2.20. The summed E-state index contributed by atoms with van der Waals surface area (Å²) in [5.74, 6) is 0.327. The van der Waals surface area contributed by atoms with Gasteiger partial charge in [0.15, 0.2) is 0 Å². The maximum Gasteiger partial charge on any atom is 0.311 e. The molecule has 3 N–H and O–H groups in total. The number of nitrogens with two attached hydrogens (primary N) is 1. The molecule has 0 amide bonds. The van der Waals surface area contributed by atoms with Crippen molar-refractivity contribution in [2.45, 2.75) is 6.54 Å². The quantitative estimate of drug-likeness (QED) is 0.609. The number of pyridine rings is 1. The number of hydrogen-bond donors (Lipinski definition) is 2. The third-order valence-corrected chi connectivity index (χ3v) is 2.18. The SMILES string of the molecule is Nc1nc(NCc2cccnn2)ccc1[N+](=O)[O-]. The number of nitrogens with one attached hydrogen (secondary N) is 1. The van der Waals surface area contributed by atoms with E-state index in [0.29, 0.717) is 12.4 Å². The Morgan fingerprint density at radius 2 is 2.22 bits per heavy atom. The zero-order valence-electron chi connectivity index (χ0n) is 9.28. The maximum atomic E-state index is 10.6. The second-order valence-corrected chi connectivity index (χ2v) is 3.43. The summed E-state index contributed by atoms with van der Waals surface area (Å²) in [6, 6.07) is 6.36. The minimum Gasteiger partial charge on any atom is -0.378 e. The van der Waals surface area contributed by atoms with E-state index in [9.17, 15) is 10.1 Å². The lowest BCUT2D eigenvalue weighted by atomic mass is 10.3. The molecule has 2 aromatic rings. The van der Waals surface area contributed by atoms with Crippen molar-refractivity contribution >= 4 is 17.3 Å². The van der Waals surface area contributed by atoms with Crippen LogP contribution in [0.4, 0.5) is 17.3 Å². The van der Waals surface area contributed by atoms with Crippen LogP contribution in [-0.2, 0) is 6.54 Å². The van der Waals surface area contributed by atoms with E-state index in [1.165, 1.54) is 12.1 Å². The van der Waals surface area contributed by atoms with E-state index in [2.05, 4.69) is 20.5 Å². The monoisotopic (exact) mass is 246 g/mol. The van der Waals surface area contributed by atoms with Gasteiger partial charge in [-0.15, -0.1) is 0 Å². The van der Waals surface area contributed by atoms with Crippen molar-refractivity contribution in [2.24, 2.45) is 0 Å². The lowest BCUT2D eigenvalue weighted by molar-refractivity contribution is -0.384. The topological polar surface area (TPSA) is 120 Å². The van der Waals surface area contributed by atoms with Crippen LogP contribution in [0.2, 0.25) is 0 Å². The summed E-state index contributed by atoms with van der Waals surface area (Å²) in [5.41, 5.74) is 5.99. The summed E-state index contributed by atoms with van der Waals surface area (Å²) >= 11 is 0. The van der Waals surface area contributed by atoms with Gasteiger partial charge in [0, 0.05) is 12.3 Å². The van der Waals surface area contributed by atoms with Gasteiger partial charge in [-0.3, -0.25) is 10.1 Å². The fourth-order valence-corrected chi connectivity index (χ4v) is 1.33. The normalized spacial score (nSPS) is 10.0. The van der Waals surface area contributed by atoms with E-state index < -0.39 is 4.92 Å². The summed E-state index contributed by atoms with van der Waals surface area (Å²) in [6.07, 6.45) is 1.58. The largest absolute Gasteiger partial charge is 0.378 e. The first kappa shape index (κ1) is 11.7. The molecule has 0 bridgehead atoms. The first-order valence-electron chi connectivity index (χ1n) is 5.08. The molecule has 0 aliphatic rings. The van der Waals surface area contributed by atoms with Gasteiger partial charge in [0.1, 0.15) is 5.82 Å². The van der Waals surface area contributed by atoms with Gasteiger partial charge >= 0.3 is 5.69 Å². The van der Waals surface area contributed by atoms with Crippen molar-refractivity contribution < 1.29 is 4.92 Å². The Bertz CT molecular complexity index is 560. The van der Waals surface area contributed by atoms with Crippen LogP contribution in [0.1, 0.15) is 5.69 Å². The molecule has 0 saturated heterocycles. The standard InChI is InChI=1S/C10H10N6O2/c11-10-8(16(17)18)3-4-9(14-10)12-6-7-2-1-5-13-15-7/h1-5H,6H2,(H3,11,12,14). The Morgan fingerprint density at radius 3 is 2.83 bits per heavy atom. The van der Waals surface area contributed by atoms with E-state index in [1.54, 1.807) is 18.3 Å². The Hall–Kier alpha value is -2.77. The minimum atomic E-state index is -0.575. The average Bonchev–Trinajstić information content (AvgIpc) is 2.37. The molecule has 0 fully saturated rings. The Balaban J connectivity index is 2.07. The number of nitrogens with zero attached hydrogens (tertiary/aromatic N) is 4. The molecule has 0 saturated carbocycles. The maximum absolute atomic E-state index is 10.6. The lowest BCUT2D eigenvalue weighted by Gasteiger charge is -2.05. The fraction of sp³-hybridized carbons (Fsp3) is 0.100. The second-order valence-electron chi connectivity index (χ2n) is 3.43. The highest BCUT2D eigenvalue weighted by atomic mass is 16.6. The number of nitrogen functional groups attached to an aromatic ring is 1. The van der Waals surface area contributed by atoms with Crippen molar-refractivity contribution in [2.75, 3.05) is 11.1 Å². The first-order chi connectivity index (χ1) is 8.66. The van der Waals surface area contributed by atoms with Gasteiger partial charge in [-0.25, -0.2) is 4.98 Å². The van der Waals surface area contributed by atoms with Crippen molar-refractivity contribution in [3.05, 3.63) is 46.3 Å². The highest BCUT2D eigenvalue weighted by Gasteiger charge is 2.12. The summed E-state index contributed by atoms with van der Waals surface area (Å²) in [4.78, 5) is 13.9. The van der Waals surface area contributed by atoms with Gasteiger partial charge in [-0.1, -0.05) is 0 Å². The Morgan fingerprint density at radius 1 is 1.39 bits per heavy atom. The third kappa shape index (κ3) is 2.67. The molecule has 2 aromatic heterocycles. The number of anilines is 2. The molecular formula is C10H10N6O2. The van der Waals surface area contributed by atoms with Crippen molar-refractivity contribution in [3.8, 4) is 0 Å². The zero-order chi connectivity index (χ0) is 13.0. The van der Waals surface area contributed by atoms with Crippen LogP contribution in [-0.4, -0.2) is 20.1 Å². The summed E-state index contributed by atoms with van der Waals surface area (Å²) in [5, 5.41) is 21.1. The van der Waals surface area contributed by atoms with Crippen LogP contribution in [0.25, 0.3) is 0 Å². The van der Waals surface area contributed by atoms with Gasteiger partial charge in [0.05, 0.1) is 17.2 Å². The number of nitro groups is 1. The molecule has 0 radical (unpaired) electrons. The molecule has 18 heavy (non-hydrogen) atoms. The first-order valence-corrected chi connectivity index (χ1v) is 5.08. The molecule has 2 heterocycles. The third-order valence-electron chi connectivity index (χ3n) is 2.18. The molecular weight excluding hydrogens is 236 g/mol. The molecule has 0 aliphatic carbocycles.